The maximum Gasteiger partial charge on any atom is 0.355 e. The molecule has 0 bridgehead atoms. The van der Waals surface area contributed by atoms with E-state index >= 15 is 0 Å². The van der Waals surface area contributed by atoms with Gasteiger partial charge in [-0.2, -0.15) is 19.0 Å². The summed E-state index contributed by atoms with van der Waals surface area (Å²) in [5, 5.41) is 26.1. The van der Waals surface area contributed by atoms with Gasteiger partial charge in [-0.15, -0.1) is 11.3 Å². The van der Waals surface area contributed by atoms with Crippen molar-refractivity contribution in [3.05, 3.63) is 107 Å². The van der Waals surface area contributed by atoms with Gasteiger partial charge in [0.05, 0.1) is 51.6 Å². The van der Waals surface area contributed by atoms with Crippen LogP contribution in [0.5, 0.6) is 11.5 Å². The van der Waals surface area contributed by atoms with E-state index in [0.717, 1.165) is 65.8 Å². The third-order valence-electron chi connectivity index (χ3n) is 15.1. The van der Waals surface area contributed by atoms with Crippen molar-refractivity contribution in [2.75, 3.05) is 23.6 Å². The first-order chi connectivity index (χ1) is 39.9. The zero-order chi connectivity index (χ0) is 60.3. The molecule has 5 heterocycles. The molecule has 448 valence electrons. The molecule has 2 fully saturated rings. The number of benzene rings is 3. The lowest BCUT2D eigenvalue weighted by Gasteiger charge is -2.35. The van der Waals surface area contributed by atoms with E-state index in [4.69, 9.17) is 20.3 Å². The van der Waals surface area contributed by atoms with Crippen LogP contribution in [-0.2, 0) is 44.5 Å². The number of aliphatic hydroxyl groups is 1. The van der Waals surface area contributed by atoms with E-state index in [1.165, 1.54) is 58.7 Å². The first kappa shape index (κ1) is 60.9. The van der Waals surface area contributed by atoms with E-state index in [1.807, 2.05) is 40.7 Å². The molecule has 0 unspecified atom stereocenters. The Morgan fingerprint density at radius 1 is 0.940 bits per heavy atom. The molecular formula is C59H69F4N11O8S2. The number of sulfonamides is 1. The Bertz CT molecular complexity index is 3640. The Kier molecular flexibility index (Phi) is 18.3. The fourth-order valence-corrected chi connectivity index (χ4v) is 11.6. The quantitative estimate of drug-likeness (QED) is 0.0264. The molecular weight excluding hydrogens is 1130 g/mol. The number of amides is 3. The van der Waals surface area contributed by atoms with Crippen LogP contribution in [0.25, 0.3) is 43.7 Å². The van der Waals surface area contributed by atoms with Crippen molar-refractivity contribution in [3.63, 3.8) is 0 Å². The zero-order valence-electron chi connectivity index (χ0n) is 47.5. The predicted octanol–water partition coefficient (Wildman–Crippen LogP) is 9.79. The number of unbranched alkanes of at least 4 members (excludes halogenated alkanes) is 5. The van der Waals surface area contributed by atoms with Crippen molar-refractivity contribution in [2.24, 2.45) is 12.5 Å². The summed E-state index contributed by atoms with van der Waals surface area (Å²) in [6, 6.07) is 13.4. The first-order valence-electron chi connectivity index (χ1n) is 27.8. The van der Waals surface area contributed by atoms with E-state index < -0.39 is 74.7 Å². The maximum atomic E-state index is 14.7. The van der Waals surface area contributed by atoms with Crippen molar-refractivity contribution in [2.45, 2.75) is 141 Å². The van der Waals surface area contributed by atoms with Crippen LogP contribution in [0.4, 0.5) is 29.1 Å². The number of β-amino-alcohol motifs (C(OH)–C–C–N with tert-alkyl or cyclic N) is 1. The van der Waals surface area contributed by atoms with Crippen molar-refractivity contribution >= 4 is 61.5 Å². The Hall–Kier alpha value is -7.64. The van der Waals surface area contributed by atoms with Gasteiger partial charge in [0.15, 0.2) is 5.67 Å². The van der Waals surface area contributed by atoms with Crippen LogP contribution < -0.4 is 30.6 Å². The summed E-state index contributed by atoms with van der Waals surface area (Å²) >= 11 is 1.51. The van der Waals surface area contributed by atoms with Crippen LogP contribution >= 0.6 is 11.3 Å². The van der Waals surface area contributed by atoms with Gasteiger partial charge in [-0.25, -0.2) is 27.2 Å². The van der Waals surface area contributed by atoms with Gasteiger partial charge in [-0.3, -0.25) is 28.5 Å². The minimum Gasteiger partial charge on any atom is -0.493 e. The van der Waals surface area contributed by atoms with Crippen molar-refractivity contribution in [1.82, 2.24) is 45.1 Å². The molecule has 19 nitrogen and oxygen atoms in total. The number of aryl methyl sites for hydroxylation is 3. The van der Waals surface area contributed by atoms with Gasteiger partial charge in [0, 0.05) is 67.8 Å². The number of nitrogens with one attached hydrogen (secondary N) is 3. The number of nitrogens with two attached hydrogens (primary N) is 1. The molecule has 25 heteroatoms. The highest BCUT2D eigenvalue weighted by Gasteiger charge is 2.53. The van der Waals surface area contributed by atoms with E-state index in [9.17, 15) is 45.5 Å². The Balaban J connectivity index is 0.787. The van der Waals surface area contributed by atoms with Gasteiger partial charge >= 0.3 is 5.76 Å². The molecule has 1 aliphatic heterocycles. The van der Waals surface area contributed by atoms with Crippen molar-refractivity contribution in [3.8, 4) is 44.3 Å². The summed E-state index contributed by atoms with van der Waals surface area (Å²) < 4.78 is 98.0. The molecule has 1 saturated heterocycles. The molecule has 6 N–H and O–H groups in total. The molecule has 4 atom stereocenters. The summed E-state index contributed by atoms with van der Waals surface area (Å²) in [6.07, 6.45) is 9.25. The Labute approximate surface area is 488 Å². The van der Waals surface area contributed by atoms with Crippen molar-refractivity contribution in [1.29, 1.82) is 0 Å². The number of aliphatic hydroxyl groups excluding tert-OH is 1. The van der Waals surface area contributed by atoms with E-state index in [0.29, 0.717) is 52.2 Å². The van der Waals surface area contributed by atoms with Gasteiger partial charge in [-0.1, -0.05) is 76.8 Å². The molecule has 7 aromatic rings. The van der Waals surface area contributed by atoms with E-state index in [-0.39, 0.29) is 49.6 Å². The predicted molar refractivity (Wildman–Crippen MR) is 311 cm³/mol. The second kappa shape index (κ2) is 25.3. The molecule has 0 radical (unpaired) electrons. The number of anilines is 2. The Morgan fingerprint density at radius 3 is 2.33 bits per heavy atom. The molecule has 0 spiro atoms. The van der Waals surface area contributed by atoms with Gasteiger partial charge in [0.1, 0.15) is 47.0 Å². The molecule has 3 aromatic carbocycles. The van der Waals surface area contributed by atoms with Crippen molar-refractivity contribution < 1.29 is 54.9 Å². The standard InChI is InChI=1S/C59H69F4N11O8S2/c1-34-51(83-33-67-34)38-13-14-39(28-66-54(76)45-27-42(75)32-74(45)55(77)52(58(3,4)5)69-56(78)59(63)21-22-59)46(26-38)81-24-12-10-8-7-9-11-23-73-31-40(29-68-73)43-30-65-53(64)48-49(70-72(6)50(43)48)37-17-20-44(71-84(79,80)57(61)62)47(25-37)82-35(2)36-15-18-41(60)19-16-36/h13-20,25-26,29-31,33,35,42,45,52,57,71,75H,7-12,21-24,27-28,32H2,1-6H3,(H2,64,65)(H,66,76)(H,69,78)/t35-,42+,45-,52+/m0/s1. The highest BCUT2D eigenvalue weighted by Crippen LogP contribution is 2.42. The first-order valence-corrected chi connectivity index (χ1v) is 30.3. The number of carbonyl (C=O) groups is 3. The van der Waals surface area contributed by atoms with Gasteiger partial charge in [0.2, 0.25) is 11.8 Å². The minimum absolute atomic E-state index is 0.00604. The number of alkyl halides is 3. The number of likely N-dealkylation sites (tertiary alicyclic amines) is 1. The lowest BCUT2D eigenvalue weighted by Crippen LogP contribution is -2.59. The summed E-state index contributed by atoms with van der Waals surface area (Å²) in [6.45, 7) is 9.91. The fourth-order valence-electron chi connectivity index (χ4n) is 10.3. The number of hydrogen-bond donors (Lipinski definition) is 5. The highest BCUT2D eigenvalue weighted by atomic mass is 32.2. The number of halogens is 4. The largest absolute Gasteiger partial charge is 0.493 e. The van der Waals surface area contributed by atoms with Crippen LogP contribution in [0.3, 0.4) is 0 Å². The number of ether oxygens (including phenoxy) is 2. The third-order valence-corrected chi connectivity index (χ3v) is 17.1. The molecule has 3 amide bonds. The number of aromatic nitrogens is 6. The number of rotatable bonds is 25. The number of nitrogen functional groups attached to an aromatic ring is 1. The number of hydrogen-bond acceptors (Lipinski definition) is 14. The van der Waals surface area contributed by atoms with E-state index in [2.05, 4.69) is 25.7 Å². The average Bonchev–Trinajstić information content (AvgIpc) is 2.54. The lowest BCUT2D eigenvalue weighted by atomic mass is 9.85. The minimum atomic E-state index is -5.08. The zero-order valence-corrected chi connectivity index (χ0v) is 49.1. The normalized spacial score (nSPS) is 16.6. The third kappa shape index (κ3) is 14.0. The summed E-state index contributed by atoms with van der Waals surface area (Å²) in [4.78, 5) is 51.8. The fraction of sp³-hybridized carbons (Fsp3) is 0.441. The number of thiazole rings is 1. The van der Waals surface area contributed by atoms with Crippen LogP contribution in [0.2, 0.25) is 0 Å². The van der Waals surface area contributed by atoms with E-state index in [1.54, 1.807) is 57.3 Å². The van der Waals surface area contributed by atoms with Crippen LogP contribution in [0.1, 0.15) is 108 Å². The molecule has 1 saturated carbocycles. The number of carbonyl (C=O) groups excluding carboxylic acids is 3. The smallest absolute Gasteiger partial charge is 0.355 e. The van der Waals surface area contributed by atoms with Gasteiger partial charge in [0.25, 0.3) is 15.9 Å². The summed E-state index contributed by atoms with van der Waals surface area (Å²) in [7, 11) is -3.34. The second-order valence-electron chi connectivity index (χ2n) is 22.6. The van der Waals surface area contributed by atoms with Crippen LogP contribution in [0.15, 0.2) is 84.8 Å². The summed E-state index contributed by atoms with van der Waals surface area (Å²) in [5.74, 6) is -5.37. The van der Waals surface area contributed by atoms with Gasteiger partial charge in [-0.05, 0) is 86.4 Å². The van der Waals surface area contributed by atoms with Crippen LogP contribution in [-0.4, -0.2) is 108 Å². The number of pyridine rings is 1. The number of nitrogens with zero attached hydrogens (tertiary/aromatic N) is 7. The summed E-state index contributed by atoms with van der Waals surface area (Å²) in [5.41, 5.74) is 11.2. The molecule has 1 aliphatic carbocycles. The molecule has 4 aromatic heterocycles. The molecule has 84 heavy (non-hydrogen) atoms. The van der Waals surface area contributed by atoms with Gasteiger partial charge < -0.3 is 35.8 Å². The Morgan fingerprint density at radius 2 is 1.64 bits per heavy atom. The number of fused-ring (bicyclic) bond motifs is 1. The molecule has 9 rings (SSSR count). The molecule has 2 aliphatic rings. The maximum absolute atomic E-state index is 14.7. The highest BCUT2D eigenvalue weighted by molar-refractivity contribution is 7.93. The monoisotopic (exact) mass is 1200 g/mol. The second-order valence-corrected chi connectivity index (χ2v) is 25.1. The average molecular weight is 1200 g/mol. The SMILES string of the molecule is Cc1ncsc1-c1ccc(CNC(=O)[C@@H]2C[C@@H](O)CN2C(=O)[C@@H](NC(=O)C2(F)CC2)C(C)(C)C)c(OCCCCCCCCn2cc(-c3cnc(N)c4c(-c5ccc(NS(=O)(=O)C(F)F)c(O[C@@H](C)c6ccc(F)cc6)c5)nn(C)c34)cn2)c1. The van der Waals surface area contributed by atoms with Crippen LogP contribution in [0, 0.1) is 18.2 Å². The lowest BCUT2D eigenvalue weighted by molar-refractivity contribution is -0.145. The topological polar surface area (TPSA) is 251 Å².